The van der Waals surface area contributed by atoms with Gasteiger partial charge in [-0.2, -0.15) is 0 Å². The van der Waals surface area contributed by atoms with Crippen LogP contribution in [0.2, 0.25) is 0 Å². The second-order valence-electron chi connectivity index (χ2n) is 3.07. The van der Waals surface area contributed by atoms with Crippen molar-refractivity contribution in [2.75, 3.05) is 13.1 Å². The predicted molar refractivity (Wildman–Crippen MR) is 59.3 cm³/mol. The van der Waals surface area contributed by atoms with E-state index in [9.17, 15) is 0 Å². The molecule has 1 heterocycles. The molecule has 0 amide bonds. The highest BCUT2D eigenvalue weighted by molar-refractivity contribution is 6.25. The summed E-state index contributed by atoms with van der Waals surface area (Å²) in [5.74, 6) is 0. The maximum atomic E-state index is 5.38. The number of halogens is 1. The van der Waals surface area contributed by atoms with E-state index in [1.807, 2.05) is 24.8 Å². The normalized spacial score (nSPS) is 11.2. The zero-order valence-electron chi connectivity index (χ0n) is 8.19. The Bertz CT molecular complexity index is 244. The fourth-order valence-electron chi connectivity index (χ4n) is 1.19. The summed E-state index contributed by atoms with van der Waals surface area (Å²) in [7, 11) is 0. The van der Waals surface area contributed by atoms with Gasteiger partial charge in [0.25, 0.3) is 0 Å². The molecule has 0 aliphatic heterocycles. The average molecular weight is 214 g/mol. The molecule has 0 saturated heterocycles. The second kappa shape index (κ2) is 7.59. The first-order valence-electron chi connectivity index (χ1n) is 4.85. The fourth-order valence-corrected chi connectivity index (χ4v) is 1.28. The molecule has 0 spiro atoms. The van der Waals surface area contributed by atoms with Crippen molar-refractivity contribution in [3.8, 4) is 0 Å². The van der Waals surface area contributed by atoms with Crippen molar-refractivity contribution >= 4 is 11.6 Å². The van der Waals surface area contributed by atoms with E-state index in [1.54, 1.807) is 5.54 Å². The second-order valence-corrected chi connectivity index (χ2v) is 3.33. The number of unbranched alkanes of at least 4 members (excludes halogenated alkanes) is 1. The first-order valence-corrected chi connectivity index (χ1v) is 5.29. The number of hydrogen-bond acceptors (Lipinski definition) is 2. The van der Waals surface area contributed by atoms with Crippen molar-refractivity contribution in [3.05, 3.63) is 30.3 Å². The number of nitrogens with zero attached hydrogens (tertiary/aromatic N) is 2. The summed E-state index contributed by atoms with van der Waals surface area (Å²) in [4.78, 5) is 3.99. The molecule has 0 aliphatic rings. The summed E-state index contributed by atoms with van der Waals surface area (Å²) < 4.78 is 2.10. The third kappa shape index (κ3) is 5.04. The monoisotopic (exact) mass is 213 g/mol. The van der Waals surface area contributed by atoms with Gasteiger partial charge in [-0.3, -0.25) is 0 Å². The zero-order valence-corrected chi connectivity index (χ0v) is 8.95. The maximum absolute atomic E-state index is 5.38. The van der Waals surface area contributed by atoms with E-state index in [-0.39, 0.29) is 0 Å². The molecule has 1 rings (SSSR count). The minimum Gasteiger partial charge on any atom is -0.337 e. The minimum atomic E-state index is 0.856. The van der Waals surface area contributed by atoms with Crippen LogP contribution < -0.4 is 5.32 Å². The van der Waals surface area contributed by atoms with E-state index in [1.165, 1.54) is 12.8 Å². The smallest absolute Gasteiger partial charge is 0.0945 e. The Morgan fingerprint density at radius 1 is 1.43 bits per heavy atom. The number of aryl methyl sites for hydroxylation is 1. The number of imidazole rings is 1. The van der Waals surface area contributed by atoms with Crippen LogP contribution >= 0.6 is 11.6 Å². The number of nitrogens with one attached hydrogen (secondary N) is 1. The molecule has 0 fully saturated rings. The maximum Gasteiger partial charge on any atom is 0.0945 e. The summed E-state index contributed by atoms with van der Waals surface area (Å²) in [6.45, 7) is 2.94. The summed E-state index contributed by atoms with van der Waals surface area (Å²) in [5.41, 5.74) is 1.54. The summed E-state index contributed by atoms with van der Waals surface area (Å²) >= 11 is 5.38. The van der Waals surface area contributed by atoms with E-state index in [0.29, 0.717) is 0 Å². The molecule has 0 bridgehead atoms. The molecule has 0 aromatic carbocycles. The Hall–Kier alpha value is -0.800. The van der Waals surface area contributed by atoms with Gasteiger partial charge in [0.1, 0.15) is 0 Å². The molecule has 0 radical (unpaired) electrons. The lowest BCUT2D eigenvalue weighted by molar-refractivity contribution is 0.582. The molecule has 0 atom stereocenters. The van der Waals surface area contributed by atoms with E-state index < -0.39 is 0 Å². The lowest BCUT2D eigenvalue weighted by Gasteiger charge is -2.02. The van der Waals surface area contributed by atoms with Crippen LogP contribution in [0.25, 0.3) is 0 Å². The van der Waals surface area contributed by atoms with Gasteiger partial charge in [-0.1, -0.05) is 17.7 Å². The third-order valence-electron chi connectivity index (χ3n) is 1.93. The first-order chi connectivity index (χ1) is 6.93. The third-order valence-corrected chi connectivity index (χ3v) is 2.11. The predicted octanol–water partition coefficient (Wildman–Crippen LogP) is 2.01. The first kappa shape index (κ1) is 11.3. The van der Waals surface area contributed by atoms with Crippen molar-refractivity contribution < 1.29 is 0 Å². The summed E-state index contributed by atoms with van der Waals surface area (Å²) in [6, 6.07) is 0. The van der Waals surface area contributed by atoms with E-state index in [4.69, 9.17) is 11.6 Å². The number of hydrogen-bond donors (Lipinski definition) is 1. The molecule has 0 aliphatic carbocycles. The van der Waals surface area contributed by atoms with Gasteiger partial charge in [-0.25, -0.2) is 4.98 Å². The fraction of sp³-hybridized carbons (Fsp3) is 0.500. The quantitative estimate of drug-likeness (QED) is 0.703. The van der Waals surface area contributed by atoms with Gasteiger partial charge in [-0.15, -0.1) is 0 Å². The topological polar surface area (TPSA) is 29.9 Å². The van der Waals surface area contributed by atoms with E-state index >= 15 is 0 Å². The van der Waals surface area contributed by atoms with Crippen molar-refractivity contribution in [1.29, 1.82) is 0 Å². The highest BCUT2D eigenvalue weighted by Crippen LogP contribution is 1.93. The van der Waals surface area contributed by atoms with Gasteiger partial charge in [0.05, 0.1) is 6.33 Å². The lowest BCUT2D eigenvalue weighted by atomic mass is 10.3. The van der Waals surface area contributed by atoms with E-state index in [0.717, 1.165) is 19.6 Å². The molecular weight excluding hydrogens is 198 g/mol. The highest BCUT2D eigenvalue weighted by atomic mass is 35.5. The van der Waals surface area contributed by atoms with Crippen molar-refractivity contribution in [3.63, 3.8) is 0 Å². The number of rotatable bonds is 7. The van der Waals surface area contributed by atoms with Crippen molar-refractivity contribution in [2.24, 2.45) is 0 Å². The Balaban J connectivity index is 1.90. The van der Waals surface area contributed by atoms with Crippen LogP contribution in [0.5, 0.6) is 0 Å². The standard InChI is InChI=1S/C10H16ClN3/c11-4-3-6-12-5-1-2-8-14-9-7-13-10-14/h3-4,7,9-10,12H,1-2,5-6,8H2/b4-3+. The minimum absolute atomic E-state index is 0.856. The molecule has 0 unspecified atom stereocenters. The van der Waals surface area contributed by atoms with Gasteiger partial charge < -0.3 is 9.88 Å². The Labute approximate surface area is 89.8 Å². The number of aromatic nitrogens is 2. The summed E-state index contributed by atoms with van der Waals surface area (Å²) in [6.07, 6.45) is 9.90. The Kier molecular flexibility index (Phi) is 6.11. The van der Waals surface area contributed by atoms with Gasteiger partial charge in [0, 0.05) is 31.0 Å². The molecule has 78 valence electrons. The van der Waals surface area contributed by atoms with Crippen LogP contribution in [-0.2, 0) is 6.54 Å². The van der Waals surface area contributed by atoms with Crippen LogP contribution in [0.15, 0.2) is 30.3 Å². The largest absolute Gasteiger partial charge is 0.337 e. The van der Waals surface area contributed by atoms with Crippen LogP contribution in [0.3, 0.4) is 0 Å². The molecule has 0 saturated carbocycles. The zero-order chi connectivity index (χ0) is 10.1. The molecule has 3 nitrogen and oxygen atoms in total. The van der Waals surface area contributed by atoms with E-state index in [2.05, 4.69) is 14.9 Å². The van der Waals surface area contributed by atoms with Gasteiger partial charge in [0.2, 0.25) is 0 Å². The van der Waals surface area contributed by atoms with Crippen molar-refractivity contribution in [1.82, 2.24) is 14.9 Å². The average Bonchev–Trinajstić information content (AvgIpc) is 2.69. The van der Waals surface area contributed by atoms with Gasteiger partial charge >= 0.3 is 0 Å². The molecule has 4 heteroatoms. The Morgan fingerprint density at radius 2 is 2.36 bits per heavy atom. The molecule has 1 N–H and O–H groups in total. The molecule has 14 heavy (non-hydrogen) atoms. The molecule has 1 aromatic heterocycles. The van der Waals surface area contributed by atoms with Gasteiger partial charge in [0.15, 0.2) is 0 Å². The SMILES string of the molecule is Cl/C=C/CNCCCCn1ccnc1. The van der Waals surface area contributed by atoms with Crippen LogP contribution in [0.1, 0.15) is 12.8 Å². The van der Waals surface area contributed by atoms with Crippen LogP contribution in [0, 0.1) is 0 Å². The van der Waals surface area contributed by atoms with Gasteiger partial charge in [-0.05, 0) is 19.4 Å². The highest BCUT2D eigenvalue weighted by Gasteiger charge is 1.90. The summed E-state index contributed by atoms with van der Waals surface area (Å²) in [5, 5.41) is 3.27. The Morgan fingerprint density at radius 3 is 3.07 bits per heavy atom. The van der Waals surface area contributed by atoms with Crippen LogP contribution in [-0.4, -0.2) is 22.6 Å². The molecule has 1 aromatic rings. The molecular formula is C10H16ClN3. The van der Waals surface area contributed by atoms with Crippen LogP contribution in [0.4, 0.5) is 0 Å². The van der Waals surface area contributed by atoms with Crippen molar-refractivity contribution in [2.45, 2.75) is 19.4 Å². The lowest BCUT2D eigenvalue weighted by Crippen LogP contribution is -2.15.